The Morgan fingerprint density at radius 3 is 2.82 bits per heavy atom. The van der Waals surface area contributed by atoms with Crippen LogP contribution in [0.25, 0.3) is 0 Å². The van der Waals surface area contributed by atoms with E-state index in [2.05, 4.69) is 10.9 Å². The molecule has 1 aliphatic rings. The Labute approximate surface area is 165 Å². The Kier molecular flexibility index (Phi) is 7.01. The first-order valence-corrected chi connectivity index (χ1v) is 9.71. The predicted molar refractivity (Wildman–Crippen MR) is 107 cm³/mol. The van der Waals surface area contributed by atoms with Crippen LogP contribution >= 0.6 is 0 Å². The number of benzene rings is 2. The molecule has 0 radical (unpaired) electrons. The molecule has 1 fully saturated rings. The highest BCUT2D eigenvalue weighted by Gasteiger charge is 2.25. The summed E-state index contributed by atoms with van der Waals surface area (Å²) >= 11 is 0. The minimum Gasteiger partial charge on any atom is -0.484 e. The normalized spacial score (nSPS) is 18.8. The number of carbonyl (C=O) groups excluding carboxylic acids is 1. The quantitative estimate of drug-likeness (QED) is 0.732. The Hall–Kier alpha value is -2.44. The Balaban J connectivity index is 1.36. The summed E-state index contributed by atoms with van der Waals surface area (Å²) in [5.41, 5.74) is 8.57. The van der Waals surface area contributed by atoms with E-state index in [1.54, 1.807) is 24.1 Å². The van der Waals surface area contributed by atoms with E-state index in [1.165, 1.54) is 6.07 Å². The van der Waals surface area contributed by atoms with Crippen molar-refractivity contribution < 1.29 is 13.9 Å². The molecule has 0 bridgehead atoms. The van der Waals surface area contributed by atoms with Gasteiger partial charge >= 0.3 is 0 Å². The third-order valence-corrected chi connectivity index (χ3v) is 5.06. The number of carbonyl (C=O) groups is 1. The molecule has 2 N–H and O–H groups in total. The van der Waals surface area contributed by atoms with Gasteiger partial charge in [-0.2, -0.15) is 0 Å². The molecule has 0 aliphatic carbocycles. The van der Waals surface area contributed by atoms with Gasteiger partial charge in [-0.1, -0.05) is 24.3 Å². The Bertz CT molecular complexity index is 799. The van der Waals surface area contributed by atoms with E-state index in [0.717, 1.165) is 30.4 Å². The van der Waals surface area contributed by atoms with Crippen LogP contribution in [0, 0.1) is 12.7 Å². The first kappa shape index (κ1) is 20.3. The molecular formula is C22H28FN3O2. The van der Waals surface area contributed by atoms with Gasteiger partial charge in [-0.3, -0.25) is 15.6 Å². The van der Waals surface area contributed by atoms with Crippen LogP contribution in [0.2, 0.25) is 0 Å². The minimum absolute atomic E-state index is 0.0309. The second-order valence-electron chi connectivity index (χ2n) is 7.39. The standard InChI is InChI=1S/C22H28FN3O2/c1-16-6-3-10-20(12-16)28-15-22(27)26(2)11-5-9-19-14-21(25-24-19)17-7-4-8-18(23)13-17/h3-4,6-8,10,12-13,19,21,24-25H,5,9,11,14-15H2,1-2H3. The number of rotatable bonds is 8. The van der Waals surface area contributed by atoms with Crippen LogP contribution in [0.4, 0.5) is 4.39 Å². The van der Waals surface area contributed by atoms with Crippen molar-refractivity contribution in [1.82, 2.24) is 15.8 Å². The van der Waals surface area contributed by atoms with Gasteiger partial charge in [0.2, 0.25) is 0 Å². The molecular weight excluding hydrogens is 357 g/mol. The van der Waals surface area contributed by atoms with Gasteiger partial charge in [-0.15, -0.1) is 0 Å². The minimum atomic E-state index is -0.212. The largest absolute Gasteiger partial charge is 0.484 e. The van der Waals surface area contributed by atoms with Crippen LogP contribution in [0.5, 0.6) is 5.75 Å². The number of amides is 1. The lowest BCUT2D eigenvalue weighted by Crippen LogP contribution is -2.34. The first-order valence-electron chi connectivity index (χ1n) is 9.71. The van der Waals surface area contributed by atoms with Crippen molar-refractivity contribution in [3.8, 4) is 5.75 Å². The summed E-state index contributed by atoms with van der Waals surface area (Å²) in [7, 11) is 1.80. The number of likely N-dealkylation sites (N-methyl/N-ethyl adjacent to an activating group) is 1. The van der Waals surface area contributed by atoms with Gasteiger partial charge in [0.15, 0.2) is 6.61 Å². The molecule has 1 amide bonds. The van der Waals surface area contributed by atoms with E-state index in [0.29, 0.717) is 18.3 Å². The number of hydrogen-bond donors (Lipinski definition) is 2. The topological polar surface area (TPSA) is 53.6 Å². The summed E-state index contributed by atoms with van der Waals surface area (Å²) in [5.74, 6) is 0.471. The third kappa shape index (κ3) is 5.78. The van der Waals surface area contributed by atoms with Crippen molar-refractivity contribution >= 4 is 5.91 Å². The molecule has 5 nitrogen and oxygen atoms in total. The number of halogens is 1. The van der Waals surface area contributed by atoms with Gasteiger partial charge in [0, 0.05) is 25.7 Å². The zero-order valence-corrected chi connectivity index (χ0v) is 16.5. The van der Waals surface area contributed by atoms with Crippen LogP contribution in [-0.4, -0.2) is 37.0 Å². The fourth-order valence-corrected chi connectivity index (χ4v) is 3.41. The van der Waals surface area contributed by atoms with Crippen LogP contribution in [-0.2, 0) is 4.79 Å². The number of hydrogen-bond acceptors (Lipinski definition) is 4. The van der Waals surface area contributed by atoms with Crippen molar-refractivity contribution in [2.24, 2.45) is 0 Å². The van der Waals surface area contributed by atoms with Gasteiger partial charge in [0.1, 0.15) is 11.6 Å². The molecule has 1 saturated heterocycles. The van der Waals surface area contributed by atoms with Gasteiger partial charge < -0.3 is 9.64 Å². The van der Waals surface area contributed by atoms with E-state index in [1.807, 2.05) is 37.3 Å². The third-order valence-electron chi connectivity index (χ3n) is 5.06. The molecule has 150 valence electrons. The maximum Gasteiger partial charge on any atom is 0.260 e. The Morgan fingerprint density at radius 1 is 1.21 bits per heavy atom. The lowest BCUT2D eigenvalue weighted by Gasteiger charge is -2.18. The molecule has 0 saturated carbocycles. The Morgan fingerprint density at radius 2 is 2.04 bits per heavy atom. The van der Waals surface area contributed by atoms with Gasteiger partial charge in [-0.25, -0.2) is 4.39 Å². The summed E-state index contributed by atoms with van der Waals surface area (Å²) in [4.78, 5) is 13.9. The van der Waals surface area contributed by atoms with E-state index in [9.17, 15) is 9.18 Å². The summed E-state index contributed by atoms with van der Waals surface area (Å²) in [6, 6.07) is 14.8. The molecule has 0 spiro atoms. The lowest BCUT2D eigenvalue weighted by molar-refractivity contribution is -0.132. The fourth-order valence-electron chi connectivity index (χ4n) is 3.41. The second kappa shape index (κ2) is 9.66. The van der Waals surface area contributed by atoms with Gasteiger partial charge in [0.05, 0.1) is 0 Å². The SMILES string of the molecule is Cc1cccc(OCC(=O)N(C)CCCC2CC(c3cccc(F)c3)NN2)c1. The van der Waals surface area contributed by atoms with Crippen molar-refractivity contribution in [2.75, 3.05) is 20.2 Å². The number of ether oxygens (including phenoxy) is 1. The highest BCUT2D eigenvalue weighted by Crippen LogP contribution is 2.24. The van der Waals surface area contributed by atoms with E-state index in [4.69, 9.17) is 4.74 Å². The van der Waals surface area contributed by atoms with Crippen LogP contribution in [0.3, 0.4) is 0 Å². The molecule has 2 aromatic carbocycles. The monoisotopic (exact) mass is 385 g/mol. The summed E-state index contributed by atoms with van der Waals surface area (Å²) < 4.78 is 19.0. The second-order valence-corrected chi connectivity index (χ2v) is 7.39. The highest BCUT2D eigenvalue weighted by atomic mass is 19.1. The molecule has 28 heavy (non-hydrogen) atoms. The van der Waals surface area contributed by atoms with Crippen LogP contribution < -0.4 is 15.6 Å². The summed E-state index contributed by atoms with van der Waals surface area (Å²) in [6.07, 6.45) is 2.73. The maximum absolute atomic E-state index is 13.4. The van der Waals surface area contributed by atoms with E-state index in [-0.39, 0.29) is 24.4 Å². The first-order chi connectivity index (χ1) is 13.5. The van der Waals surface area contributed by atoms with Gasteiger partial charge in [-0.05, 0) is 61.6 Å². The van der Waals surface area contributed by atoms with Gasteiger partial charge in [0.25, 0.3) is 5.91 Å². The average molecular weight is 385 g/mol. The molecule has 2 atom stereocenters. The van der Waals surface area contributed by atoms with Crippen molar-refractivity contribution in [1.29, 1.82) is 0 Å². The van der Waals surface area contributed by atoms with Crippen molar-refractivity contribution in [2.45, 2.75) is 38.3 Å². The smallest absolute Gasteiger partial charge is 0.260 e. The number of nitrogens with one attached hydrogen (secondary N) is 2. The lowest BCUT2D eigenvalue weighted by atomic mass is 9.99. The number of nitrogens with zero attached hydrogens (tertiary/aromatic N) is 1. The molecule has 0 aromatic heterocycles. The molecule has 6 heteroatoms. The zero-order valence-electron chi connectivity index (χ0n) is 16.5. The molecule has 2 unspecified atom stereocenters. The van der Waals surface area contributed by atoms with Crippen LogP contribution in [0.15, 0.2) is 48.5 Å². The molecule has 3 rings (SSSR count). The number of aryl methyl sites for hydroxylation is 1. The number of hydrazine groups is 1. The molecule has 1 heterocycles. The summed E-state index contributed by atoms with van der Waals surface area (Å²) in [6.45, 7) is 2.72. The van der Waals surface area contributed by atoms with Crippen LogP contribution in [0.1, 0.15) is 36.4 Å². The van der Waals surface area contributed by atoms with Crippen molar-refractivity contribution in [3.63, 3.8) is 0 Å². The van der Waals surface area contributed by atoms with E-state index < -0.39 is 0 Å². The molecule has 2 aromatic rings. The molecule has 1 aliphatic heterocycles. The van der Waals surface area contributed by atoms with Crippen molar-refractivity contribution in [3.05, 3.63) is 65.5 Å². The zero-order chi connectivity index (χ0) is 19.9. The van der Waals surface area contributed by atoms with E-state index >= 15 is 0 Å². The highest BCUT2D eigenvalue weighted by molar-refractivity contribution is 5.77. The fraction of sp³-hybridized carbons (Fsp3) is 0.409. The average Bonchev–Trinajstić information content (AvgIpc) is 3.15. The predicted octanol–water partition coefficient (Wildman–Crippen LogP) is 3.36. The summed E-state index contributed by atoms with van der Waals surface area (Å²) in [5, 5.41) is 0. The maximum atomic E-state index is 13.4.